The van der Waals surface area contributed by atoms with Crippen molar-refractivity contribution in [3.63, 3.8) is 0 Å². The van der Waals surface area contributed by atoms with Crippen LogP contribution in [0.5, 0.6) is 0 Å². The molecule has 0 aliphatic rings. The Labute approximate surface area is 195 Å². The van der Waals surface area contributed by atoms with Crippen molar-refractivity contribution >= 4 is 23.4 Å². The summed E-state index contributed by atoms with van der Waals surface area (Å²) in [6.45, 7) is 2.77. The van der Waals surface area contributed by atoms with Gasteiger partial charge in [0.1, 0.15) is 6.04 Å². The lowest BCUT2D eigenvalue weighted by atomic mass is 10.0. The van der Waals surface area contributed by atoms with Gasteiger partial charge in [-0.25, -0.2) is 0 Å². The van der Waals surface area contributed by atoms with Crippen LogP contribution in [0.25, 0.3) is 0 Å². The highest BCUT2D eigenvalue weighted by Crippen LogP contribution is 2.20. The summed E-state index contributed by atoms with van der Waals surface area (Å²) in [6, 6.07) is 26.6. The van der Waals surface area contributed by atoms with Crippen molar-refractivity contribution in [2.45, 2.75) is 38.8 Å². The van der Waals surface area contributed by atoms with E-state index in [1.54, 1.807) is 4.90 Å². The first-order chi connectivity index (χ1) is 15.6. The highest BCUT2D eigenvalue weighted by atomic mass is 35.5. The summed E-state index contributed by atoms with van der Waals surface area (Å²) in [6.07, 6.45) is 1.26. The number of amides is 2. The summed E-state index contributed by atoms with van der Waals surface area (Å²) < 4.78 is 0. The lowest BCUT2D eigenvalue weighted by Gasteiger charge is -2.31. The second kappa shape index (κ2) is 12.1. The smallest absolute Gasteiger partial charge is 0.243 e. The number of halogens is 1. The Bertz CT molecular complexity index is 1010. The molecule has 0 spiro atoms. The molecule has 1 N–H and O–H groups in total. The SMILES string of the molecule is CCNC(=O)C(Cc1ccccc1)N(Cc1ccccc1)C(=O)CCc1ccccc1Cl. The average Bonchev–Trinajstić information content (AvgIpc) is 2.82. The van der Waals surface area contributed by atoms with Crippen molar-refractivity contribution in [2.75, 3.05) is 6.54 Å². The molecule has 5 heteroatoms. The van der Waals surface area contributed by atoms with Crippen LogP contribution >= 0.6 is 11.6 Å². The summed E-state index contributed by atoms with van der Waals surface area (Å²) in [7, 11) is 0. The molecular formula is C27H29ClN2O2. The van der Waals surface area contributed by atoms with Crippen LogP contribution in [0.3, 0.4) is 0 Å². The van der Waals surface area contributed by atoms with Crippen LogP contribution in [0.15, 0.2) is 84.9 Å². The molecule has 0 fully saturated rings. The number of carbonyl (C=O) groups is 2. The van der Waals surface area contributed by atoms with Gasteiger partial charge in [0.05, 0.1) is 0 Å². The van der Waals surface area contributed by atoms with E-state index in [0.29, 0.717) is 31.0 Å². The predicted octanol–water partition coefficient (Wildman–Crippen LogP) is 5.05. The van der Waals surface area contributed by atoms with Crippen LogP contribution in [0.4, 0.5) is 0 Å². The van der Waals surface area contributed by atoms with E-state index in [1.165, 1.54) is 0 Å². The summed E-state index contributed by atoms with van der Waals surface area (Å²) in [4.78, 5) is 28.3. The summed E-state index contributed by atoms with van der Waals surface area (Å²) >= 11 is 6.29. The Hall–Kier alpha value is -3.11. The van der Waals surface area contributed by atoms with Crippen molar-refractivity contribution in [2.24, 2.45) is 0 Å². The maximum Gasteiger partial charge on any atom is 0.243 e. The Morgan fingerprint density at radius 3 is 2.09 bits per heavy atom. The second-order valence-corrected chi connectivity index (χ2v) is 8.11. The van der Waals surface area contributed by atoms with E-state index in [0.717, 1.165) is 16.7 Å². The Morgan fingerprint density at radius 2 is 1.47 bits per heavy atom. The minimum absolute atomic E-state index is 0.0686. The number of aryl methyl sites for hydroxylation is 1. The third-order valence-corrected chi connectivity index (χ3v) is 5.75. The van der Waals surface area contributed by atoms with Gasteiger partial charge in [-0.1, -0.05) is 90.5 Å². The minimum atomic E-state index is -0.601. The second-order valence-electron chi connectivity index (χ2n) is 7.70. The lowest BCUT2D eigenvalue weighted by molar-refractivity contribution is -0.141. The Morgan fingerprint density at radius 1 is 0.875 bits per heavy atom. The lowest BCUT2D eigenvalue weighted by Crippen LogP contribution is -2.50. The van der Waals surface area contributed by atoms with E-state index < -0.39 is 6.04 Å². The van der Waals surface area contributed by atoms with Crippen LogP contribution in [0, 0.1) is 0 Å². The number of carbonyl (C=O) groups excluding carboxylic acids is 2. The number of nitrogens with one attached hydrogen (secondary N) is 1. The Balaban J connectivity index is 1.87. The molecule has 3 aromatic rings. The zero-order chi connectivity index (χ0) is 22.8. The first-order valence-electron chi connectivity index (χ1n) is 11.0. The summed E-state index contributed by atoms with van der Waals surface area (Å²) in [5, 5.41) is 3.57. The molecule has 166 valence electrons. The summed E-state index contributed by atoms with van der Waals surface area (Å²) in [5.41, 5.74) is 2.93. The number of hydrogen-bond acceptors (Lipinski definition) is 2. The maximum atomic E-state index is 13.5. The fourth-order valence-corrected chi connectivity index (χ4v) is 3.94. The largest absolute Gasteiger partial charge is 0.355 e. The average molecular weight is 449 g/mol. The number of nitrogens with zero attached hydrogens (tertiary/aromatic N) is 1. The normalized spacial score (nSPS) is 11.6. The summed E-state index contributed by atoms with van der Waals surface area (Å²) in [5.74, 6) is -0.209. The number of likely N-dealkylation sites (N-methyl/N-ethyl adjacent to an activating group) is 1. The van der Waals surface area contributed by atoms with Crippen molar-refractivity contribution < 1.29 is 9.59 Å². The van der Waals surface area contributed by atoms with Crippen LogP contribution in [0.1, 0.15) is 30.0 Å². The number of rotatable bonds is 10. The number of benzene rings is 3. The molecule has 0 saturated carbocycles. The zero-order valence-corrected chi connectivity index (χ0v) is 19.1. The molecule has 1 atom stereocenters. The molecule has 4 nitrogen and oxygen atoms in total. The van der Waals surface area contributed by atoms with Gasteiger partial charge < -0.3 is 10.2 Å². The molecule has 0 bridgehead atoms. The van der Waals surface area contributed by atoms with E-state index in [9.17, 15) is 9.59 Å². The van der Waals surface area contributed by atoms with Crippen LogP contribution in [0.2, 0.25) is 5.02 Å². The molecule has 0 radical (unpaired) electrons. The third kappa shape index (κ3) is 6.69. The molecule has 3 rings (SSSR count). The first kappa shape index (κ1) is 23.6. The fourth-order valence-electron chi connectivity index (χ4n) is 3.71. The van der Waals surface area contributed by atoms with Crippen LogP contribution in [-0.4, -0.2) is 29.3 Å². The van der Waals surface area contributed by atoms with E-state index in [-0.39, 0.29) is 18.2 Å². The van der Waals surface area contributed by atoms with Crippen molar-refractivity contribution in [1.29, 1.82) is 0 Å². The molecular weight excluding hydrogens is 420 g/mol. The van der Waals surface area contributed by atoms with Gasteiger partial charge in [-0.15, -0.1) is 0 Å². The van der Waals surface area contributed by atoms with Gasteiger partial charge in [-0.2, -0.15) is 0 Å². The van der Waals surface area contributed by atoms with Gasteiger partial charge in [0.2, 0.25) is 11.8 Å². The van der Waals surface area contributed by atoms with Crippen molar-refractivity contribution in [1.82, 2.24) is 10.2 Å². The molecule has 2 amide bonds. The molecule has 1 unspecified atom stereocenters. The first-order valence-corrected chi connectivity index (χ1v) is 11.3. The van der Waals surface area contributed by atoms with Crippen LogP contribution < -0.4 is 5.32 Å². The molecule has 32 heavy (non-hydrogen) atoms. The van der Waals surface area contributed by atoms with Gasteiger partial charge in [-0.3, -0.25) is 9.59 Å². The van der Waals surface area contributed by atoms with Crippen molar-refractivity contribution in [3.05, 3.63) is 107 Å². The van der Waals surface area contributed by atoms with E-state index in [1.807, 2.05) is 91.9 Å². The van der Waals surface area contributed by atoms with Gasteiger partial charge in [-0.05, 0) is 36.1 Å². The van der Waals surface area contributed by atoms with E-state index in [2.05, 4.69) is 5.32 Å². The monoisotopic (exact) mass is 448 g/mol. The van der Waals surface area contributed by atoms with Crippen LogP contribution in [-0.2, 0) is 29.0 Å². The molecule has 0 aliphatic carbocycles. The minimum Gasteiger partial charge on any atom is -0.355 e. The highest BCUT2D eigenvalue weighted by Gasteiger charge is 2.29. The Kier molecular flexibility index (Phi) is 8.88. The topological polar surface area (TPSA) is 49.4 Å². The molecule has 3 aromatic carbocycles. The van der Waals surface area contributed by atoms with Gasteiger partial charge in [0, 0.05) is 31.0 Å². The third-order valence-electron chi connectivity index (χ3n) is 5.38. The number of hydrogen-bond donors (Lipinski definition) is 1. The van der Waals surface area contributed by atoms with E-state index in [4.69, 9.17) is 11.6 Å². The van der Waals surface area contributed by atoms with Gasteiger partial charge in [0.15, 0.2) is 0 Å². The van der Waals surface area contributed by atoms with Gasteiger partial charge >= 0.3 is 0 Å². The van der Waals surface area contributed by atoms with Gasteiger partial charge in [0.25, 0.3) is 0 Å². The molecule has 0 heterocycles. The molecule has 0 aliphatic heterocycles. The zero-order valence-electron chi connectivity index (χ0n) is 18.3. The standard InChI is InChI=1S/C27H29ClN2O2/c1-2-29-27(32)25(19-21-11-5-3-6-12-21)30(20-22-13-7-4-8-14-22)26(31)18-17-23-15-9-10-16-24(23)28/h3-16,25H,2,17-20H2,1H3,(H,29,32). The van der Waals surface area contributed by atoms with Crippen molar-refractivity contribution in [3.8, 4) is 0 Å². The van der Waals surface area contributed by atoms with E-state index >= 15 is 0 Å². The fraction of sp³-hybridized carbons (Fsp3) is 0.259. The quantitative estimate of drug-likeness (QED) is 0.472. The molecule has 0 aromatic heterocycles. The highest BCUT2D eigenvalue weighted by molar-refractivity contribution is 6.31. The predicted molar refractivity (Wildman–Crippen MR) is 129 cm³/mol. The molecule has 0 saturated heterocycles. The maximum absolute atomic E-state index is 13.5.